The van der Waals surface area contributed by atoms with Crippen molar-refractivity contribution in [3.05, 3.63) is 37.9 Å². The number of nitro groups is 1. The zero-order valence-corrected chi connectivity index (χ0v) is 11.7. The lowest BCUT2D eigenvalue weighted by atomic mass is 10.1. The number of hydrogen-bond acceptors (Lipinski definition) is 4. The molecule has 0 aliphatic carbocycles. The van der Waals surface area contributed by atoms with Crippen molar-refractivity contribution in [3.63, 3.8) is 0 Å². The summed E-state index contributed by atoms with van der Waals surface area (Å²) in [5, 5.41) is 21.4. The van der Waals surface area contributed by atoms with Crippen LogP contribution in [0.15, 0.2) is 12.1 Å². The van der Waals surface area contributed by atoms with Crippen molar-refractivity contribution < 1.29 is 19.6 Å². The Balaban J connectivity index is 3.03. The van der Waals surface area contributed by atoms with Gasteiger partial charge in [-0.25, -0.2) is 0 Å². The van der Waals surface area contributed by atoms with E-state index in [0.29, 0.717) is 0 Å². The first-order chi connectivity index (χ1) is 9.22. The quantitative estimate of drug-likeness (QED) is 0.639. The van der Waals surface area contributed by atoms with Crippen LogP contribution in [-0.2, 0) is 4.79 Å². The molecule has 1 atom stereocenters. The molecule has 108 valence electrons. The maximum atomic E-state index is 11.9. The molecular weight excluding hydrogens is 311 g/mol. The molecule has 0 aliphatic heterocycles. The minimum absolute atomic E-state index is 0.128. The Bertz CT molecular complexity index is 576. The van der Waals surface area contributed by atoms with Gasteiger partial charge in [0, 0.05) is 18.2 Å². The van der Waals surface area contributed by atoms with Crippen molar-refractivity contribution in [3.8, 4) is 0 Å². The first-order valence-electron chi connectivity index (χ1n) is 5.38. The Morgan fingerprint density at radius 2 is 2.05 bits per heavy atom. The van der Waals surface area contributed by atoms with Gasteiger partial charge < -0.3 is 10.4 Å². The van der Waals surface area contributed by atoms with Crippen LogP contribution in [-0.4, -0.2) is 27.9 Å². The van der Waals surface area contributed by atoms with E-state index in [1.54, 1.807) is 0 Å². The number of hydrogen-bond donors (Lipinski definition) is 2. The van der Waals surface area contributed by atoms with Gasteiger partial charge in [0.05, 0.1) is 27.0 Å². The highest BCUT2D eigenvalue weighted by molar-refractivity contribution is 6.44. The maximum absolute atomic E-state index is 11.9. The molecule has 0 saturated heterocycles. The van der Waals surface area contributed by atoms with Gasteiger partial charge in [0.15, 0.2) is 0 Å². The van der Waals surface area contributed by atoms with E-state index in [2.05, 4.69) is 5.32 Å². The van der Waals surface area contributed by atoms with Crippen molar-refractivity contribution >= 4 is 40.8 Å². The van der Waals surface area contributed by atoms with Gasteiger partial charge in [-0.05, 0) is 6.92 Å². The number of halogens is 2. The third-order valence-corrected chi connectivity index (χ3v) is 3.13. The van der Waals surface area contributed by atoms with Crippen LogP contribution in [0.5, 0.6) is 0 Å². The number of amides is 1. The molecule has 20 heavy (non-hydrogen) atoms. The summed E-state index contributed by atoms with van der Waals surface area (Å²) in [7, 11) is 0. The van der Waals surface area contributed by atoms with Crippen molar-refractivity contribution in [2.45, 2.75) is 19.4 Å². The van der Waals surface area contributed by atoms with Gasteiger partial charge in [-0.3, -0.25) is 19.7 Å². The highest BCUT2D eigenvalue weighted by Crippen LogP contribution is 2.30. The lowest BCUT2D eigenvalue weighted by Gasteiger charge is -2.12. The molecule has 0 spiro atoms. The summed E-state index contributed by atoms with van der Waals surface area (Å²) in [6.45, 7) is 1.49. The number of benzene rings is 1. The van der Waals surface area contributed by atoms with Crippen LogP contribution in [0.4, 0.5) is 5.69 Å². The molecule has 0 aliphatic rings. The van der Waals surface area contributed by atoms with Gasteiger partial charge in [-0.15, -0.1) is 0 Å². The third kappa shape index (κ3) is 4.07. The molecule has 1 amide bonds. The zero-order chi connectivity index (χ0) is 15.4. The molecule has 1 rings (SSSR count). The molecular formula is C11H10Cl2N2O5. The number of nitro benzene ring substituents is 1. The maximum Gasteiger partial charge on any atom is 0.305 e. The number of carboxylic acid groups (broad SMARTS) is 1. The summed E-state index contributed by atoms with van der Waals surface area (Å²) in [5.74, 6) is -1.81. The molecule has 0 aromatic heterocycles. The number of aliphatic carboxylic acids is 1. The summed E-state index contributed by atoms with van der Waals surface area (Å²) < 4.78 is 0. The largest absolute Gasteiger partial charge is 0.481 e. The average Bonchev–Trinajstić information content (AvgIpc) is 2.30. The Morgan fingerprint density at radius 3 is 2.55 bits per heavy atom. The molecule has 9 heteroatoms. The van der Waals surface area contributed by atoms with Gasteiger partial charge in [0.2, 0.25) is 0 Å². The predicted octanol–water partition coefficient (Wildman–Crippen LogP) is 2.49. The zero-order valence-electron chi connectivity index (χ0n) is 10.2. The molecule has 7 nitrogen and oxygen atoms in total. The summed E-state index contributed by atoms with van der Waals surface area (Å²) in [4.78, 5) is 32.4. The fourth-order valence-electron chi connectivity index (χ4n) is 1.46. The SMILES string of the molecule is CC(CC(=O)O)NC(=O)c1cc([N+](=O)[O-])cc(Cl)c1Cl. The van der Waals surface area contributed by atoms with Gasteiger partial charge in [0.1, 0.15) is 0 Å². The fraction of sp³-hybridized carbons (Fsp3) is 0.273. The molecule has 0 radical (unpaired) electrons. The molecule has 0 bridgehead atoms. The van der Waals surface area contributed by atoms with Crippen LogP contribution in [0, 0.1) is 10.1 Å². The number of carbonyl (C=O) groups is 2. The Morgan fingerprint density at radius 1 is 1.45 bits per heavy atom. The molecule has 0 heterocycles. The highest BCUT2D eigenvalue weighted by Gasteiger charge is 2.21. The lowest BCUT2D eigenvalue weighted by Crippen LogP contribution is -2.34. The van der Waals surface area contributed by atoms with E-state index in [4.69, 9.17) is 28.3 Å². The second-order valence-corrected chi connectivity index (χ2v) is 4.80. The van der Waals surface area contributed by atoms with Gasteiger partial charge in [-0.1, -0.05) is 23.2 Å². The Labute approximate surface area is 123 Å². The second-order valence-electron chi connectivity index (χ2n) is 4.02. The van der Waals surface area contributed by atoms with Crippen LogP contribution in [0.1, 0.15) is 23.7 Å². The first kappa shape index (κ1) is 16.2. The number of carboxylic acids is 1. The summed E-state index contributed by atoms with van der Waals surface area (Å²) in [6, 6.07) is 1.35. The molecule has 2 N–H and O–H groups in total. The predicted molar refractivity (Wildman–Crippen MR) is 72.3 cm³/mol. The molecule has 0 saturated carbocycles. The number of carbonyl (C=O) groups excluding carboxylic acids is 1. The fourth-order valence-corrected chi connectivity index (χ4v) is 1.87. The van der Waals surface area contributed by atoms with Gasteiger partial charge in [-0.2, -0.15) is 0 Å². The van der Waals surface area contributed by atoms with E-state index in [-0.39, 0.29) is 27.7 Å². The average molecular weight is 321 g/mol. The number of non-ortho nitro benzene ring substituents is 1. The standard InChI is InChI=1S/C11H10Cl2N2O5/c1-5(2-9(16)17)14-11(18)7-3-6(15(19)20)4-8(12)10(7)13/h3-5H,2H2,1H3,(H,14,18)(H,16,17). The van der Waals surface area contributed by atoms with Crippen LogP contribution in [0.2, 0.25) is 10.0 Å². The minimum Gasteiger partial charge on any atom is -0.481 e. The van der Waals surface area contributed by atoms with Crippen LogP contribution >= 0.6 is 23.2 Å². The lowest BCUT2D eigenvalue weighted by molar-refractivity contribution is -0.384. The summed E-state index contributed by atoms with van der Waals surface area (Å²) >= 11 is 11.5. The topological polar surface area (TPSA) is 110 Å². The molecule has 1 aromatic rings. The highest BCUT2D eigenvalue weighted by atomic mass is 35.5. The Hall–Kier alpha value is -1.86. The van der Waals surface area contributed by atoms with Gasteiger partial charge >= 0.3 is 5.97 Å². The van der Waals surface area contributed by atoms with Crippen molar-refractivity contribution in [2.75, 3.05) is 0 Å². The van der Waals surface area contributed by atoms with Crippen molar-refractivity contribution in [2.24, 2.45) is 0 Å². The summed E-state index contributed by atoms with van der Waals surface area (Å²) in [6.07, 6.45) is -0.286. The monoisotopic (exact) mass is 320 g/mol. The van der Waals surface area contributed by atoms with Crippen LogP contribution < -0.4 is 5.32 Å². The third-order valence-electron chi connectivity index (χ3n) is 2.33. The van der Waals surface area contributed by atoms with E-state index in [1.165, 1.54) is 6.92 Å². The van der Waals surface area contributed by atoms with E-state index in [0.717, 1.165) is 12.1 Å². The van der Waals surface area contributed by atoms with Crippen molar-refractivity contribution in [1.82, 2.24) is 5.32 Å². The summed E-state index contributed by atoms with van der Waals surface area (Å²) in [5.41, 5.74) is -0.557. The Kier molecular flexibility index (Phi) is 5.29. The van der Waals surface area contributed by atoms with E-state index in [1.807, 2.05) is 0 Å². The van der Waals surface area contributed by atoms with Crippen molar-refractivity contribution in [1.29, 1.82) is 0 Å². The van der Waals surface area contributed by atoms with E-state index < -0.39 is 22.8 Å². The van der Waals surface area contributed by atoms with Crippen LogP contribution in [0.3, 0.4) is 0 Å². The molecule has 1 aromatic carbocycles. The normalized spacial score (nSPS) is 11.8. The smallest absolute Gasteiger partial charge is 0.305 e. The van der Waals surface area contributed by atoms with E-state index in [9.17, 15) is 19.7 Å². The van der Waals surface area contributed by atoms with Gasteiger partial charge in [0.25, 0.3) is 11.6 Å². The molecule has 0 fully saturated rings. The second kappa shape index (κ2) is 6.53. The van der Waals surface area contributed by atoms with E-state index >= 15 is 0 Å². The molecule has 1 unspecified atom stereocenters. The minimum atomic E-state index is -1.08. The number of rotatable bonds is 5. The van der Waals surface area contributed by atoms with Crippen LogP contribution in [0.25, 0.3) is 0 Å². The number of nitrogens with one attached hydrogen (secondary N) is 1. The number of nitrogens with zero attached hydrogens (tertiary/aromatic N) is 1. The first-order valence-corrected chi connectivity index (χ1v) is 6.14.